The highest BCUT2D eigenvalue weighted by molar-refractivity contribution is 5.74. The molecule has 0 aromatic heterocycles. The van der Waals surface area contributed by atoms with Gasteiger partial charge in [-0.15, -0.1) is 0 Å². The first-order valence-electron chi connectivity index (χ1n) is 29.9. The normalized spacial score (nSPS) is 18.7. The van der Waals surface area contributed by atoms with Crippen molar-refractivity contribution in [2.75, 3.05) is 13.2 Å². The topological polar surface area (TPSA) is 175 Å². The number of carbonyl (C=O) groups excluding carboxylic acids is 3. The van der Waals surface area contributed by atoms with Crippen LogP contribution in [0.3, 0.4) is 0 Å². The number of hydrogen-bond acceptors (Lipinski definition) is 11. The highest BCUT2D eigenvalue weighted by Gasteiger charge is 2.50. The molecule has 0 bridgehead atoms. The first-order valence-corrected chi connectivity index (χ1v) is 29.9. The zero-order chi connectivity index (χ0) is 54.7. The largest absolute Gasteiger partial charge is 0.479 e. The molecular weight excluding hydrogens is 949 g/mol. The third-order valence-electron chi connectivity index (χ3n) is 13.2. The summed E-state index contributed by atoms with van der Waals surface area (Å²) in [5, 5.41) is 31.5. The van der Waals surface area contributed by atoms with Crippen LogP contribution in [-0.2, 0) is 42.9 Å². The zero-order valence-corrected chi connectivity index (χ0v) is 47.3. The molecule has 75 heavy (non-hydrogen) atoms. The number of rotatable bonds is 50. The molecule has 0 amide bonds. The van der Waals surface area contributed by atoms with Crippen molar-refractivity contribution in [2.24, 2.45) is 0 Å². The Kier molecular flexibility index (Phi) is 47.0. The van der Waals surface area contributed by atoms with Crippen LogP contribution >= 0.6 is 0 Å². The molecule has 0 spiro atoms. The van der Waals surface area contributed by atoms with Gasteiger partial charge in [-0.25, -0.2) is 4.79 Å². The van der Waals surface area contributed by atoms with Gasteiger partial charge in [-0.3, -0.25) is 14.4 Å². The van der Waals surface area contributed by atoms with Gasteiger partial charge in [0.05, 0.1) is 6.61 Å². The molecule has 1 aliphatic heterocycles. The van der Waals surface area contributed by atoms with E-state index in [1.165, 1.54) is 57.8 Å². The molecule has 6 atom stereocenters. The summed E-state index contributed by atoms with van der Waals surface area (Å²) in [6.45, 7) is 5.79. The summed E-state index contributed by atoms with van der Waals surface area (Å²) in [5.41, 5.74) is 0. The maximum Gasteiger partial charge on any atom is 0.335 e. The van der Waals surface area contributed by atoms with E-state index in [2.05, 4.69) is 93.7 Å². The van der Waals surface area contributed by atoms with Crippen LogP contribution in [-0.4, -0.2) is 89.2 Å². The van der Waals surface area contributed by atoms with Crippen LogP contribution in [0.25, 0.3) is 0 Å². The minimum atomic E-state index is -1.91. The average Bonchev–Trinajstić information content (AvgIpc) is 3.39. The first-order chi connectivity index (χ1) is 36.6. The van der Waals surface area contributed by atoms with E-state index in [1.807, 2.05) is 0 Å². The number of aliphatic hydroxyl groups excluding tert-OH is 2. The second-order valence-electron chi connectivity index (χ2n) is 20.2. The Morgan fingerprint density at radius 2 is 0.867 bits per heavy atom. The Balaban J connectivity index is 2.70. The Morgan fingerprint density at radius 1 is 0.453 bits per heavy atom. The van der Waals surface area contributed by atoms with Crippen LogP contribution in [0.5, 0.6) is 0 Å². The Hall–Kier alpha value is -3.84. The van der Waals surface area contributed by atoms with Crippen LogP contribution in [0.15, 0.2) is 72.9 Å². The zero-order valence-electron chi connectivity index (χ0n) is 47.3. The van der Waals surface area contributed by atoms with Gasteiger partial charge in [0.1, 0.15) is 18.8 Å². The molecule has 1 fully saturated rings. The fraction of sp³-hybridized carbons (Fsp3) is 0.746. The summed E-state index contributed by atoms with van der Waals surface area (Å²) < 4.78 is 28.4. The molecule has 0 saturated carbocycles. The molecule has 1 heterocycles. The Labute approximate surface area is 455 Å². The number of aliphatic carboxylic acids is 1. The molecule has 0 aromatic carbocycles. The molecule has 0 aliphatic carbocycles. The molecule has 1 rings (SSSR count). The summed E-state index contributed by atoms with van der Waals surface area (Å²) in [7, 11) is 0. The molecule has 1 saturated heterocycles. The second-order valence-corrected chi connectivity index (χ2v) is 20.2. The minimum absolute atomic E-state index is 0.0508. The SMILES string of the molecule is CC/C=C\C/C=C\C/C=C\CCCCCCCC(=O)OCC(COC1OC(C(=O)O)C(O)C(O)C1OC(=O)CCCCCCCCC/C=C\CCCCCCCC)OC(=O)CCCCCCC/C=C\C/C=C\CCC. The molecular formula is C63H106O12. The van der Waals surface area contributed by atoms with Crippen molar-refractivity contribution in [1.82, 2.24) is 0 Å². The van der Waals surface area contributed by atoms with Crippen molar-refractivity contribution in [3.63, 3.8) is 0 Å². The number of aliphatic hydroxyl groups is 2. The van der Waals surface area contributed by atoms with Crippen molar-refractivity contribution < 1.29 is 58.2 Å². The number of unbranched alkanes of at least 4 members (excludes halogenated alkanes) is 24. The number of ether oxygens (including phenoxy) is 5. The predicted molar refractivity (Wildman–Crippen MR) is 303 cm³/mol. The maximum absolute atomic E-state index is 13.1. The van der Waals surface area contributed by atoms with Gasteiger partial charge in [0.25, 0.3) is 0 Å². The summed E-state index contributed by atoms with van der Waals surface area (Å²) in [4.78, 5) is 51.1. The van der Waals surface area contributed by atoms with Gasteiger partial charge in [-0.05, 0) is 103 Å². The molecule has 0 aromatic rings. The average molecular weight is 1060 g/mol. The van der Waals surface area contributed by atoms with E-state index in [0.29, 0.717) is 19.3 Å². The van der Waals surface area contributed by atoms with Crippen LogP contribution in [0.4, 0.5) is 0 Å². The number of carboxylic acids is 1. The van der Waals surface area contributed by atoms with E-state index in [9.17, 15) is 34.5 Å². The van der Waals surface area contributed by atoms with Gasteiger partial charge >= 0.3 is 23.9 Å². The molecule has 6 unspecified atom stereocenters. The van der Waals surface area contributed by atoms with Crippen molar-refractivity contribution in [1.29, 1.82) is 0 Å². The van der Waals surface area contributed by atoms with Crippen molar-refractivity contribution >= 4 is 23.9 Å². The first kappa shape index (κ1) is 69.2. The second kappa shape index (κ2) is 50.9. The van der Waals surface area contributed by atoms with Crippen LogP contribution in [0.2, 0.25) is 0 Å². The maximum atomic E-state index is 13.1. The van der Waals surface area contributed by atoms with E-state index >= 15 is 0 Å². The van der Waals surface area contributed by atoms with Crippen molar-refractivity contribution in [2.45, 2.75) is 289 Å². The van der Waals surface area contributed by atoms with Crippen molar-refractivity contribution in [3.8, 4) is 0 Å². The highest BCUT2D eigenvalue weighted by atomic mass is 16.7. The fourth-order valence-electron chi connectivity index (χ4n) is 8.65. The van der Waals surface area contributed by atoms with Crippen molar-refractivity contribution in [3.05, 3.63) is 72.9 Å². The van der Waals surface area contributed by atoms with Crippen LogP contribution in [0, 0.1) is 0 Å². The number of carboxylic acid groups (broad SMARTS) is 1. The molecule has 12 heteroatoms. The van der Waals surface area contributed by atoms with Gasteiger partial charge in [0, 0.05) is 19.3 Å². The molecule has 430 valence electrons. The lowest BCUT2D eigenvalue weighted by Crippen LogP contribution is -2.61. The molecule has 1 aliphatic rings. The number of carbonyl (C=O) groups is 4. The predicted octanol–water partition coefficient (Wildman–Crippen LogP) is 15.3. The lowest BCUT2D eigenvalue weighted by molar-refractivity contribution is -0.301. The van der Waals surface area contributed by atoms with E-state index in [4.69, 9.17) is 23.7 Å². The Morgan fingerprint density at radius 3 is 1.35 bits per heavy atom. The van der Waals surface area contributed by atoms with Gasteiger partial charge in [-0.2, -0.15) is 0 Å². The lowest BCUT2D eigenvalue weighted by Gasteiger charge is -2.40. The minimum Gasteiger partial charge on any atom is -0.479 e. The van der Waals surface area contributed by atoms with Gasteiger partial charge in [-0.1, -0.05) is 203 Å². The third-order valence-corrected chi connectivity index (χ3v) is 13.2. The fourth-order valence-corrected chi connectivity index (χ4v) is 8.65. The highest BCUT2D eigenvalue weighted by Crippen LogP contribution is 2.26. The van der Waals surface area contributed by atoms with Crippen LogP contribution < -0.4 is 0 Å². The monoisotopic (exact) mass is 1050 g/mol. The third kappa shape index (κ3) is 41.0. The van der Waals surface area contributed by atoms with Gasteiger partial charge in [0.2, 0.25) is 0 Å². The lowest BCUT2D eigenvalue weighted by atomic mass is 9.98. The number of esters is 3. The Bertz CT molecular complexity index is 1580. The molecule has 0 radical (unpaired) electrons. The standard InChI is InChI=1S/C63H106O12/c1-4-7-10-13-16-19-22-25-27-28-30-33-36-39-42-45-48-51-57(66)74-61-59(68)58(67)60(62(69)70)75-63(61)72-53-54(73-56(65)50-47-44-41-38-35-31-24-21-18-15-12-9-6-3)52-71-55(64)49-46-43-40-37-34-32-29-26-23-20-17-14-11-8-5-2/h8,11-12,15,17,20-21,24-27,29,54,58-61,63,67-68H,4-7,9-10,13-14,16,18-19,22-23,28,30-53H2,1-3H3,(H,69,70)/b11-8-,15-12-,20-17-,24-21-,27-25-,29-26-. The number of hydrogen-bond donors (Lipinski definition) is 3. The summed E-state index contributed by atoms with van der Waals surface area (Å²) in [5.74, 6) is -3.16. The van der Waals surface area contributed by atoms with E-state index in [1.54, 1.807) is 0 Å². The molecule has 3 N–H and O–H groups in total. The van der Waals surface area contributed by atoms with E-state index in [-0.39, 0.29) is 25.9 Å². The number of allylic oxidation sites excluding steroid dienone is 12. The summed E-state index contributed by atoms with van der Waals surface area (Å²) >= 11 is 0. The van der Waals surface area contributed by atoms with E-state index < -0.39 is 67.3 Å². The quantitative estimate of drug-likeness (QED) is 0.0228. The smallest absolute Gasteiger partial charge is 0.335 e. The molecule has 12 nitrogen and oxygen atoms in total. The van der Waals surface area contributed by atoms with Gasteiger partial charge in [0.15, 0.2) is 24.6 Å². The van der Waals surface area contributed by atoms with Gasteiger partial charge < -0.3 is 39.0 Å². The van der Waals surface area contributed by atoms with E-state index in [0.717, 1.165) is 135 Å². The van der Waals surface area contributed by atoms with Crippen LogP contribution in [0.1, 0.15) is 252 Å². The summed E-state index contributed by atoms with van der Waals surface area (Å²) in [6, 6.07) is 0. The summed E-state index contributed by atoms with van der Waals surface area (Å²) in [6.07, 6.45) is 51.5.